The van der Waals surface area contributed by atoms with Crippen molar-refractivity contribution in [3.8, 4) is 11.3 Å². The van der Waals surface area contributed by atoms with Crippen molar-refractivity contribution >= 4 is 34.0 Å². The molecule has 0 saturated heterocycles. The third-order valence-corrected chi connectivity index (χ3v) is 4.04. The smallest absolute Gasteiger partial charge is 0.335 e. The van der Waals surface area contributed by atoms with Crippen LogP contribution < -0.4 is 5.43 Å². The summed E-state index contributed by atoms with van der Waals surface area (Å²) in [7, 11) is 0. The van der Waals surface area contributed by atoms with Crippen molar-refractivity contribution in [1.29, 1.82) is 0 Å². The van der Waals surface area contributed by atoms with E-state index in [1.165, 1.54) is 18.3 Å². The summed E-state index contributed by atoms with van der Waals surface area (Å²) in [6.45, 7) is 0. The summed E-state index contributed by atoms with van der Waals surface area (Å²) in [6.07, 6.45) is 1.39. The molecule has 0 fully saturated rings. The van der Waals surface area contributed by atoms with Crippen molar-refractivity contribution in [2.75, 3.05) is 0 Å². The lowest BCUT2D eigenvalue weighted by atomic mass is 10.1. The number of nitrogens with one attached hydrogen (secondary N) is 1. The summed E-state index contributed by atoms with van der Waals surface area (Å²) in [5.74, 6) is -0.281. The molecule has 0 spiro atoms. The molecule has 0 unspecified atom stereocenters. The predicted molar refractivity (Wildman–Crippen MR) is 100 cm³/mol. The first-order valence-electron chi connectivity index (χ1n) is 7.55. The van der Waals surface area contributed by atoms with Gasteiger partial charge in [-0.25, -0.2) is 10.2 Å². The standard InChI is InChI=1S/C19H13BrN2O4/c20-15-7-5-13(6-8-15)18(23)22-21-11-16-9-10-17(26-16)12-1-3-14(4-2-12)19(24)25/h1-11H,(H,22,23)(H,24,25)/b21-11-. The van der Waals surface area contributed by atoms with Gasteiger partial charge in [0.15, 0.2) is 0 Å². The lowest BCUT2D eigenvalue weighted by Crippen LogP contribution is -2.17. The van der Waals surface area contributed by atoms with Crippen LogP contribution in [0.2, 0.25) is 0 Å². The SMILES string of the molecule is O=C(O)c1ccc(-c2ccc(/C=N\NC(=O)c3ccc(Br)cc3)o2)cc1. The number of carboxylic acids is 1. The van der Waals surface area contributed by atoms with Gasteiger partial charge >= 0.3 is 5.97 Å². The molecule has 26 heavy (non-hydrogen) atoms. The van der Waals surface area contributed by atoms with E-state index in [9.17, 15) is 9.59 Å². The molecular formula is C19H13BrN2O4. The van der Waals surface area contributed by atoms with Crippen molar-refractivity contribution in [1.82, 2.24) is 5.43 Å². The first-order valence-corrected chi connectivity index (χ1v) is 8.35. The fourth-order valence-corrected chi connectivity index (χ4v) is 2.44. The van der Waals surface area contributed by atoms with E-state index < -0.39 is 5.97 Å². The molecule has 0 aliphatic carbocycles. The van der Waals surface area contributed by atoms with Crippen LogP contribution in [0.15, 0.2) is 74.7 Å². The van der Waals surface area contributed by atoms with Crippen LogP contribution >= 0.6 is 15.9 Å². The number of carbonyl (C=O) groups is 2. The molecule has 0 saturated carbocycles. The van der Waals surface area contributed by atoms with E-state index in [4.69, 9.17) is 9.52 Å². The Hall–Kier alpha value is -3.19. The summed E-state index contributed by atoms with van der Waals surface area (Å²) >= 11 is 3.31. The van der Waals surface area contributed by atoms with Crippen molar-refractivity contribution in [2.45, 2.75) is 0 Å². The molecule has 130 valence electrons. The summed E-state index contributed by atoms with van der Waals surface area (Å²) in [4.78, 5) is 22.8. The molecule has 0 radical (unpaired) electrons. The molecule has 0 aliphatic heterocycles. The number of hydrogen-bond donors (Lipinski definition) is 2. The van der Waals surface area contributed by atoms with E-state index in [2.05, 4.69) is 26.5 Å². The fourth-order valence-electron chi connectivity index (χ4n) is 2.17. The molecule has 7 heteroatoms. The van der Waals surface area contributed by atoms with E-state index in [1.807, 2.05) is 0 Å². The second-order valence-corrected chi connectivity index (χ2v) is 6.21. The number of carboxylic acid groups (broad SMARTS) is 1. The van der Waals surface area contributed by atoms with Gasteiger partial charge in [0.1, 0.15) is 11.5 Å². The third kappa shape index (κ3) is 4.25. The quantitative estimate of drug-likeness (QED) is 0.485. The van der Waals surface area contributed by atoms with Gasteiger partial charge in [-0.15, -0.1) is 0 Å². The van der Waals surface area contributed by atoms with Crippen LogP contribution in [0.4, 0.5) is 0 Å². The molecule has 6 nitrogen and oxygen atoms in total. The normalized spacial score (nSPS) is 10.8. The first kappa shape index (κ1) is 17.6. The Balaban J connectivity index is 1.64. The Bertz CT molecular complexity index is 960. The number of amides is 1. The summed E-state index contributed by atoms with van der Waals surface area (Å²) in [5, 5.41) is 12.8. The number of hydrogen-bond acceptors (Lipinski definition) is 4. The van der Waals surface area contributed by atoms with Crippen LogP contribution in [0.5, 0.6) is 0 Å². The van der Waals surface area contributed by atoms with Gasteiger partial charge in [0.25, 0.3) is 5.91 Å². The van der Waals surface area contributed by atoms with Gasteiger partial charge in [-0.05, 0) is 48.5 Å². The average molecular weight is 413 g/mol. The van der Waals surface area contributed by atoms with Gasteiger partial charge in [0, 0.05) is 15.6 Å². The third-order valence-electron chi connectivity index (χ3n) is 3.51. The Morgan fingerprint density at radius 1 is 0.962 bits per heavy atom. The van der Waals surface area contributed by atoms with Crippen molar-refractivity contribution < 1.29 is 19.1 Å². The van der Waals surface area contributed by atoms with Gasteiger partial charge in [0.2, 0.25) is 0 Å². The molecule has 0 atom stereocenters. The lowest BCUT2D eigenvalue weighted by Gasteiger charge is -1.99. The van der Waals surface area contributed by atoms with Crippen LogP contribution in [-0.4, -0.2) is 23.2 Å². The zero-order valence-corrected chi connectivity index (χ0v) is 14.9. The van der Waals surface area contributed by atoms with Crippen molar-refractivity contribution in [3.05, 3.63) is 82.0 Å². The minimum Gasteiger partial charge on any atom is -0.478 e. The number of carbonyl (C=O) groups excluding carboxylic acids is 1. The number of benzene rings is 2. The number of aromatic carboxylic acids is 1. The minimum atomic E-state index is -0.981. The highest BCUT2D eigenvalue weighted by Crippen LogP contribution is 2.22. The van der Waals surface area contributed by atoms with E-state index in [0.29, 0.717) is 17.1 Å². The first-order chi connectivity index (χ1) is 12.5. The van der Waals surface area contributed by atoms with E-state index in [-0.39, 0.29) is 11.5 Å². The van der Waals surface area contributed by atoms with Gasteiger partial charge in [-0.2, -0.15) is 5.10 Å². The molecule has 0 bridgehead atoms. The maximum absolute atomic E-state index is 11.9. The van der Waals surface area contributed by atoms with Gasteiger partial charge < -0.3 is 9.52 Å². The Morgan fingerprint density at radius 3 is 2.27 bits per heavy atom. The van der Waals surface area contributed by atoms with Crippen LogP contribution in [0, 0.1) is 0 Å². The van der Waals surface area contributed by atoms with Crippen molar-refractivity contribution in [2.24, 2.45) is 5.10 Å². The van der Waals surface area contributed by atoms with Gasteiger partial charge in [-0.1, -0.05) is 28.1 Å². The molecule has 2 N–H and O–H groups in total. The van der Waals surface area contributed by atoms with Gasteiger partial charge in [-0.3, -0.25) is 4.79 Å². The number of rotatable bonds is 5. The second-order valence-electron chi connectivity index (χ2n) is 5.29. The van der Waals surface area contributed by atoms with Crippen molar-refractivity contribution in [3.63, 3.8) is 0 Å². The molecule has 1 aromatic heterocycles. The molecule has 2 aromatic carbocycles. The van der Waals surface area contributed by atoms with E-state index >= 15 is 0 Å². The minimum absolute atomic E-state index is 0.206. The maximum atomic E-state index is 11.9. The highest BCUT2D eigenvalue weighted by molar-refractivity contribution is 9.10. The fraction of sp³-hybridized carbons (Fsp3) is 0. The zero-order valence-electron chi connectivity index (χ0n) is 13.3. The lowest BCUT2D eigenvalue weighted by molar-refractivity contribution is 0.0696. The van der Waals surface area contributed by atoms with Crippen LogP contribution in [-0.2, 0) is 0 Å². The molecule has 3 rings (SSSR count). The topological polar surface area (TPSA) is 91.9 Å². The van der Waals surface area contributed by atoms with Crippen LogP contribution in [0.3, 0.4) is 0 Å². The maximum Gasteiger partial charge on any atom is 0.335 e. The Morgan fingerprint density at radius 2 is 1.62 bits per heavy atom. The Labute approximate surface area is 157 Å². The highest BCUT2D eigenvalue weighted by Gasteiger charge is 2.07. The van der Waals surface area contributed by atoms with E-state index in [1.54, 1.807) is 48.5 Å². The predicted octanol–water partition coefficient (Wildman–Crippen LogP) is 4.17. The van der Waals surface area contributed by atoms with Gasteiger partial charge in [0.05, 0.1) is 11.8 Å². The number of halogens is 1. The average Bonchev–Trinajstić information content (AvgIpc) is 3.11. The number of nitrogens with zero attached hydrogens (tertiary/aromatic N) is 1. The molecule has 0 aliphatic rings. The molecule has 1 amide bonds. The monoisotopic (exact) mass is 412 g/mol. The summed E-state index contributed by atoms with van der Waals surface area (Å²) in [6, 6.07) is 16.7. The van der Waals surface area contributed by atoms with Crippen LogP contribution in [0.1, 0.15) is 26.5 Å². The highest BCUT2D eigenvalue weighted by atomic mass is 79.9. The molecular weight excluding hydrogens is 400 g/mol. The van der Waals surface area contributed by atoms with Crippen LogP contribution in [0.25, 0.3) is 11.3 Å². The Kier molecular flexibility index (Phi) is 5.28. The second kappa shape index (κ2) is 7.79. The van der Waals surface area contributed by atoms with E-state index in [0.717, 1.165) is 10.0 Å². The zero-order chi connectivity index (χ0) is 18.5. The molecule has 1 heterocycles. The summed E-state index contributed by atoms with van der Waals surface area (Å²) in [5.41, 5.74) is 3.87. The number of furan rings is 1. The number of hydrazone groups is 1. The molecule has 3 aromatic rings. The largest absolute Gasteiger partial charge is 0.478 e. The summed E-state index contributed by atoms with van der Waals surface area (Å²) < 4.78 is 6.51.